The van der Waals surface area contributed by atoms with E-state index in [9.17, 15) is 4.79 Å². The lowest BCUT2D eigenvalue weighted by Gasteiger charge is -1.80. The van der Waals surface area contributed by atoms with Crippen molar-refractivity contribution in [3.63, 3.8) is 0 Å². The average Bonchev–Trinajstić information content (AvgIpc) is 1.89. The van der Waals surface area contributed by atoms with Crippen LogP contribution in [0.4, 0.5) is 4.79 Å². The van der Waals surface area contributed by atoms with Crippen molar-refractivity contribution in [3.05, 3.63) is 0 Å². The van der Waals surface area contributed by atoms with Crippen LogP contribution in [-0.4, -0.2) is 13.1 Å². The van der Waals surface area contributed by atoms with E-state index in [1.54, 1.807) is 0 Å². The fourth-order valence-electron chi connectivity index (χ4n) is 0. The number of amides is 2. The Bertz CT molecular complexity index is 139. The molecule has 0 aliphatic heterocycles. The Balaban J connectivity index is 0. The molecule has 0 fully saturated rings. The molecule has 0 aromatic rings. The lowest BCUT2D eigenvalue weighted by Crippen LogP contribution is -2.24. The third-order valence-corrected chi connectivity index (χ3v) is 0.296. The van der Waals surface area contributed by atoms with E-state index in [0.717, 1.165) is 0 Å². The molecule has 0 saturated heterocycles. The molecule has 0 heterocycles. The summed E-state index contributed by atoms with van der Waals surface area (Å²) in [6.07, 6.45) is 0. The van der Waals surface area contributed by atoms with Crippen LogP contribution >= 0.6 is 0 Å². The maximum absolute atomic E-state index is 9.48. The van der Waals surface area contributed by atoms with Gasteiger partial charge in [-0.15, -0.1) is 0 Å². The molecule has 3 N–H and O–H groups in total. The van der Waals surface area contributed by atoms with Crippen LogP contribution in [0.3, 0.4) is 0 Å². The molecular formula is C4H6N4O. The molecule has 0 aromatic carbocycles. The average molecular weight is 126 g/mol. The van der Waals surface area contributed by atoms with Gasteiger partial charge in [-0.25, -0.2) is 4.79 Å². The van der Waals surface area contributed by atoms with Gasteiger partial charge in [0, 0.05) is 7.05 Å². The van der Waals surface area contributed by atoms with Crippen LogP contribution in [0, 0.1) is 22.7 Å². The number of nitrogens with two attached hydrogens (primary N) is 1. The quantitative estimate of drug-likeness (QED) is 0.449. The first-order chi connectivity index (χ1) is 4.18. The first-order valence-corrected chi connectivity index (χ1v) is 1.94. The van der Waals surface area contributed by atoms with Gasteiger partial charge in [-0.2, -0.15) is 10.5 Å². The highest BCUT2D eigenvalue weighted by atomic mass is 16.2. The van der Waals surface area contributed by atoms with E-state index in [1.807, 2.05) is 0 Å². The molecule has 0 saturated carbocycles. The van der Waals surface area contributed by atoms with Crippen LogP contribution in [0.2, 0.25) is 0 Å². The van der Waals surface area contributed by atoms with Crippen LogP contribution in [-0.2, 0) is 0 Å². The SMILES string of the molecule is CNC(N)=O.N#CC#N. The lowest BCUT2D eigenvalue weighted by atomic mass is 10.9. The maximum atomic E-state index is 9.48. The Morgan fingerprint density at radius 2 is 1.78 bits per heavy atom. The van der Waals surface area contributed by atoms with Crippen LogP contribution < -0.4 is 11.1 Å². The van der Waals surface area contributed by atoms with E-state index in [1.165, 1.54) is 19.2 Å². The van der Waals surface area contributed by atoms with Crippen molar-refractivity contribution in [1.82, 2.24) is 5.32 Å². The van der Waals surface area contributed by atoms with Crippen molar-refractivity contribution in [3.8, 4) is 12.1 Å². The predicted molar refractivity (Wildman–Crippen MR) is 29.9 cm³/mol. The summed E-state index contributed by atoms with van der Waals surface area (Å²) < 4.78 is 0. The van der Waals surface area contributed by atoms with Crippen LogP contribution in [0.1, 0.15) is 0 Å². The summed E-state index contributed by atoms with van der Waals surface area (Å²) in [4.78, 5) is 9.48. The van der Waals surface area contributed by atoms with Crippen molar-refractivity contribution in [2.75, 3.05) is 7.05 Å². The molecule has 0 aliphatic rings. The Morgan fingerprint density at radius 3 is 1.78 bits per heavy atom. The fourth-order valence-corrected chi connectivity index (χ4v) is 0. The van der Waals surface area contributed by atoms with Crippen LogP contribution in [0.15, 0.2) is 0 Å². The Labute approximate surface area is 52.7 Å². The summed E-state index contributed by atoms with van der Waals surface area (Å²) in [5.74, 6) is 0. The number of nitrogens with zero attached hydrogens (tertiary/aromatic N) is 2. The van der Waals surface area contributed by atoms with Crippen molar-refractivity contribution in [2.45, 2.75) is 0 Å². The third kappa shape index (κ3) is 72.2. The van der Waals surface area contributed by atoms with Gasteiger partial charge in [-0.05, 0) is 0 Å². The molecule has 0 atom stereocenters. The van der Waals surface area contributed by atoms with Gasteiger partial charge in [0.2, 0.25) is 0 Å². The minimum Gasteiger partial charge on any atom is -0.352 e. The van der Waals surface area contributed by atoms with Gasteiger partial charge < -0.3 is 11.1 Å². The van der Waals surface area contributed by atoms with E-state index in [0.29, 0.717) is 0 Å². The number of nitriles is 2. The third-order valence-electron chi connectivity index (χ3n) is 0.296. The van der Waals surface area contributed by atoms with Gasteiger partial charge in [0.15, 0.2) is 12.1 Å². The van der Waals surface area contributed by atoms with E-state index < -0.39 is 6.03 Å². The second-order valence-corrected chi connectivity index (χ2v) is 0.838. The number of carbonyl (C=O) groups is 1. The number of hydrogen-bond donors (Lipinski definition) is 2. The number of primary amides is 1. The highest BCUT2D eigenvalue weighted by Gasteiger charge is 1.72. The van der Waals surface area contributed by atoms with E-state index >= 15 is 0 Å². The second-order valence-electron chi connectivity index (χ2n) is 0.838. The van der Waals surface area contributed by atoms with E-state index in [-0.39, 0.29) is 0 Å². The van der Waals surface area contributed by atoms with Gasteiger partial charge >= 0.3 is 6.03 Å². The van der Waals surface area contributed by atoms with Crippen molar-refractivity contribution in [1.29, 1.82) is 10.5 Å². The second kappa shape index (κ2) is 9.54. The largest absolute Gasteiger partial charge is 0.352 e. The standard InChI is InChI=1S/C2H6N2O.C2N2/c1-4-2(3)5;3-1-2-4/h1H3,(H3,3,4,5);. The summed E-state index contributed by atoms with van der Waals surface area (Å²) in [5, 5.41) is 16.7. The molecule has 5 heteroatoms. The summed E-state index contributed by atoms with van der Waals surface area (Å²) in [7, 11) is 1.47. The van der Waals surface area contributed by atoms with Crippen molar-refractivity contribution >= 4 is 6.03 Å². The zero-order valence-corrected chi connectivity index (χ0v) is 4.88. The monoisotopic (exact) mass is 126 g/mol. The first-order valence-electron chi connectivity index (χ1n) is 1.94. The first kappa shape index (κ1) is 10.3. The molecule has 48 valence electrons. The van der Waals surface area contributed by atoms with E-state index in [4.69, 9.17) is 10.5 Å². The minimum atomic E-state index is -0.495. The summed E-state index contributed by atoms with van der Waals surface area (Å²) in [6, 6.07) is 1.98. The maximum Gasteiger partial charge on any atom is 0.311 e. The van der Waals surface area contributed by atoms with Crippen molar-refractivity contribution in [2.24, 2.45) is 5.73 Å². The molecule has 0 rings (SSSR count). The molecule has 0 radical (unpaired) electrons. The Hall–Kier alpha value is -1.75. The summed E-state index contributed by atoms with van der Waals surface area (Å²) >= 11 is 0. The molecular weight excluding hydrogens is 120 g/mol. The van der Waals surface area contributed by atoms with Gasteiger partial charge in [-0.3, -0.25) is 0 Å². The zero-order chi connectivity index (χ0) is 7.70. The smallest absolute Gasteiger partial charge is 0.311 e. The molecule has 0 bridgehead atoms. The molecule has 5 nitrogen and oxygen atoms in total. The number of hydrogen-bond acceptors (Lipinski definition) is 3. The van der Waals surface area contributed by atoms with Gasteiger partial charge in [0.1, 0.15) is 0 Å². The predicted octanol–water partition coefficient (Wildman–Crippen LogP) is -0.682. The molecule has 9 heavy (non-hydrogen) atoms. The normalized spacial score (nSPS) is 4.78. The Morgan fingerprint density at radius 1 is 1.56 bits per heavy atom. The fraction of sp³-hybridized carbons (Fsp3) is 0.250. The van der Waals surface area contributed by atoms with Crippen molar-refractivity contribution < 1.29 is 4.79 Å². The lowest BCUT2D eigenvalue weighted by molar-refractivity contribution is 0.251. The zero-order valence-electron chi connectivity index (χ0n) is 4.88. The molecule has 0 unspecified atom stereocenters. The van der Waals surface area contributed by atoms with Gasteiger partial charge in [-0.1, -0.05) is 0 Å². The number of rotatable bonds is 0. The van der Waals surface area contributed by atoms with E-state index in [2.05, 4.69) is 11.1 Å². The topological polar surface area (TPSA) is 103 Å². The molecule has 0 aromatic heterocycles. The van der Waals surface area contributed by atoms with Crippen LogP contribution in [0.25, 0.3) is 0 Å². The molecule has 0 aliphatic carbocycles. The van der Waals surface area contributed by atoms with Crippen LogP contribution in [0.5, 0.6) is 0 Å². The Kier molecular flexibility index (Phi) is 10.9. The number of nitrogens with one attached hydrogen (secondary N) is 1. The molecule has 2 amide bonds. The summed E-state index contributed by atoms with van der Waals surface area (Å²) in [5.41, 5.74) is 4.54. The highest BCUT2D eigenvalue weighted by molar-refractivity contribution is 5.71. The number of urea groups is 1. The van der Waals surface area contributed by atoms with Gasteiger partial charge in [0.25, 0.3) is 0 Å². The minimum absolute atomic E-state index is 0.495. The molecule has 0 spiro atoms. The highest BCUT2D eigenvalue weighted by Crippen LogP contribution is 1.38. The summed E-state index contributed by atoms with van der Waals surface area (Å²) in [6.45, 7) is 0. The van der Waals surface area contributed by atoms with Gasteiger partial charge in [0.05, 0.1) is 0 Å². The number of carbonyl (C=O) groups excluding carboxylic acids is 1.